The van der Waals surface area contributed by atoms with E-state index in [1.807, 2.05) is 34.6 Å². The van der Waals surface area contributed by atoms with Crippen molar-refractivity contribution in [2.75, 3.05) is 7.11 Å². The van der Waals surface area contributed by atoms with E-state index in [0.29, 0.717) is 6.42 Å². The molecule has 0 spiro atoms. The molecule has 0 aromatic heterocycles. The quantitative estimate of drug-likeness (QED) is 0.561. The summed E-state index contributed by atoms with van der Waals surface area (Å²) in [4.78, 5) is 11.2. The van der Waals surface area contributed by atoms with Gasteiger partial charge in [-0.3, -0.25) is 4.79 Å². The van der Waals surface area contributed by atoms with Crippen LogP contribution in [0.3, 0.4) is 0 Å². The first-order chi connectivity index (χ1) is 7.89. The van der Waals surface area contributed by atoms with Crippen LogP contribution in [0.2, 0.25) is 0 Å². The number of azo groups is 1. The smallest absolute Gasteiger partial charge is 0.304 e. The molecule has 0 aromatic rings. The van der Waals surface area contributed by atoms with Gasteiger partial charge in [0.1, 0.15) is 0 Å². The Morgan fingerprint density at radius 3 is 1.89 bits per heavy atom. The molecule has 0 saturated carbocycles. The van der Waals surface area contributed by atoms with E-state index in [0.717, 1.165) is 0 Å². The van der Waals surface area contributed by atoms with Gasteiger partial charge in [-0.25, -0.2) is 0 Å². The van der Waals surface area contributed by atoms with Crippen LogP contribution >= 0.6 is 0 Å². The van der Waals surface area contributed by atoms with Crippen LogP contribution in [-0.2, 0) is 14.3 Å². The number of rotatable bonds is 5. The van der Waals surface area contributed by atoms with Crippen molar-refractivity contribution in [2.45, 2.75) is 71.8 Å². The molecule has 106 valence electrons. The molecule has 18 heavy (non-hydrogen) atoms. The van der Waals surface area contributed by atoms with Crippen LogP contribution in [0.4, 0.5) is 0 Å². The largest absolute Gasteiger partial charge is 0.436 e. The van der Waals surface area contributed by atoms with Gasteiger partial charge in [-0.1, -0.05) is 0 Å². The fraction of sp³-hybridized carbons (Fsp3) is 0.923. The van der Waals surface area contributed by atoms with E-state index < -0.39 is 11.3 Å². The number of carbonyl (C=O) groups excluding carboxylic acids is 1. The third-order valence-electron chi connectivity index (χ3n) is 2.23. The van der Waals surface area contributed by atoms with Crippen LogP contribution in [0.15, 0.2) is 10.2 Å². The molecule has 0 aliphatic rings. The topological polar surface area (TPSA) is 60.3 Å². The molecular weight excluding hydrogens is 232 g/mol. The molecule has 0 radical (unpaired) electrons. The van der Waals surface area contributed by atoms with Gasteiger partial charge in [0.15, 0.2) is 0 Å². The van der Waals surface area contributed by atoms with Crippen LogP contribution in [-0.4, -0.2) is 29.9 Å². The Balaban J connectivity index is 5.07. The molecule has 0 aromatic carbocycles. The van der Waals surface area contributed by atoms with Crippen LogP contribution in [0, 0.1) is 0 Å². The van der Waals surface area contributed by atoms with Crippen molar-refractivity contribution in [3.8, 4) is 0 Å². The minimum atomic E-state index is -1.00. The first kappa shape index (κ1) is 17.0. The average Bonchev–Trinajstić information content (AvgIpc) is 2.12. The van der Waals surface area contributed by atoms with Crippen molar-refractivity contribution in [1.29, 1.82) is 0 Å². The third-order valence-corrected chi connectivity index (χ3v) is 2.23. The molecule has 0 bridgehead atoms. The maximum Gasteiger partial charge on any atom is 0.304 e. The summed E-state index contributed by atoms with van der Waals surface area (Å²) in [6, 6.07) is 0. The maximum absolute atomic E-state index is 11.2. The van der Waals surface area contributed by atoms with Crippen molar-refractivity contribution < 1.29 is 14.3 Å². The summed E-state index contributed by atoms with van der Waals surface area (Å²) in [5, 5.41) is 8.39. The molecule has 0 aliphatic heterocycles. The summed E-state index contributed by atoms with van der Waals surface area (Å²) in [5.74, 6) is -0.378. The van der Waals surface area contributed by atoms with E-state index in [4.69, 9.17) is 9.47 Å². The third kappa shape index (κ3) is 7.37. The van der Waals surface area contributed by atoms with Crippen molar-refractivity contribution in [3.63, 3.8) is 0 Å². The van der Waals surface area contributed by atoms with E-state index in [1.54, 1.807) is 14.0 Å². The predicted octanol–water partition coefficient (Wildman–Crippen LogP) is 3.33. The lowest BCUT2D eigenvalue weighted by Crippen LogP contribution is -2.39. The van der Waals surface area contributed by atoms with E-state index in [1.165, 1.54) is 6.92 Å². The highest BCUT2D eigenvalue weighted by molar-refractivity contribution is 5.66. The van der Waals surface area contributed by atoms with Crippen molar-refractivity contribution in [1.82, 2.24) is 0 Å². The zero-order chi connectivity index (χ0) is 14.6. The maximum atomic E-state index is 11.2. The number of ether oxygens (including phenoxy) is 2. The van der Waals surface area contributed by atoms with Crippen molar-refractivity contribution in [3.05, 3.63) is 0 Å². The number of esters is 1. The Hall–Kier alpha value is -0.970. The van der Waals surface area contributed by atoms with Crippen molar-refractivity contribution in [2.24, 2.45) is 10.2 Å². The van der Waals surface area contributed by atoms with Crippen LogP contribution in [0.1, 0.15) is 54.9 Å². The average molecular weight is 258 g/mol. The lowest BCUT2D eigenvalue weighted by Gasteiger charge is -2.32. The van der Waals surface area contributed by atoms with Gasteiger partial charge in [0.25, 0.3) is 0 Å². The second kappa shape index (κ2) is 5.78. The monoisotopic (exact) mass is 258 g/mol. The molecule has 0 saturated heterocycles. The minimum Gasteiger partial charge on any atom is -0.436 e. The van der Waals surface area contributed by atoms with E-state index in [9.17, 15) is 4.79 Å². The van der Waals surface area contributed by atoms with Gasteiger partial charge in [0, 0.05) is 20.5 Å². The first-order valence-electron chi connectivity index (χ1n) is 6.08. The highest BCUT2D eigenvalue weighted by Gasteiger charge is 2.36. The minimum absolute atomic E-state index is 0.307. The summed E-state index contributed by atoms with van der Waals surface area (Å²) in [6.07, 6.45) is 0.440. The Kier molecular flexibility index (Phi) is 5.47. The molecule has 1 unspecified atom stereocenters. The Bertz CT molecular complexity index is 319. The molecule has 5 heteroatoms. The summed E-state index contributed by atoms with van der Waals surface area (Å²) in [5.41, 5.74) is -1.75. The SMILES string of the molecule is COC(C)(C)CC(C)(N=NC(C)(C)C)OC(C)=O. The highest BCUT2D eigenvalue weighted by atomic mass is 16.6. The normalized spacial score (nSPS) is 16.7. The molecule has 0 heterocycles. The number of carbonyl (C=O) groups is 1. The van der Waals surface area contributed by atoms with Gasteiger partial charge in [0.2, 0.25) is 5.72 Å². The van der Waals surface area contributed by atoms with Crippen LogP contribution in [0.25, 0.3) is 0 Å². The second-order valence-corrected chi connectivity index (χ2v) is 6.28. The summed E-state index contributed by atoms with van der Waals surface area (Å²) >= 11 is 0. The number of hydrogen-bond donors (Lipinski definition) is 0. The Morgan fingerprint density at radius 1 is 1.06 bits per heavy atom. The Morgan fingerprint density at radius 2 is 1.56 bits per heavy atom. The molecule has 0 amide bonds. The van der Waals surface area contributed by atoms with E-state index >= 15 is 0 Å². The Labute approximate surface area is 110 Å². The molecule has 0 rings (SSSR count). The lowest BCUT2D eigenvalue weighted by molar-refractivity contribution is -0.161. The zero-order valence-electron chi connectivity index (χ0n) is 12.8. The van der Waals surface area contributed by atoms with Gasteiger partial charge < -0.3 is 9.47 Å². The molecular formula is C13H26N2O3. The van der Waals surface area contributed by atoms with Crippen LogP contribution < -0.4 is 0 Å². The van der Waals surface area contributed by atoms with Crippen molar-refractivity contribution >= 4 is 5.97 Å². The predicted molar refractivity (Wildman–Crippen MR) is 70.5 cm³/mol. The molecule has 0 aliphatic carbocycles. The van der Waals surface area contributed by atoms with Gasteiger partial charge in [-0.2, -0.15) is 5.11 Å². The molecule has 0 fully saturated rings. The van der Waals surface area contributed by atoms with Gasteiger partial charge in [-0.15, -0.1) is 5.11 Å². The lowest BCUT2D eigenvalue weighted by atomic mass is 9.97. The summed E-state index contributed by atoms with van der Waals surface area (Å²) in [7, 11) is 1.62. The summed E-state index contributed by atoms with van der Waals surface area (Å²) in [6.45, 7) is 12.8. The highest BCUT2D eigenvalue weighted by Crippen LogP contribution is 2.29. The van der Waals surface area contributed by atoms with E-state index in [2.05, 4.69) is 10.2 Å². The van der Waals surface area contributed by atoms with Crippen LogP contribution in [0.5, 0.6) is 0 Å². The molecule has 1 atom stereocenters. The molecule has 0 N–H and O–H groups in total. The molecule has 5 nitrogen and oxygen atoms in total. The fourth-order valence-electron chi connectivity index (χ4n) is 1.52. The fourth-order valence-corrected chi connectivity index (χ4v) is 1.52. The van der Waals surface area contributed by atoms with Gasteiger partial charge in [-0.05, 0) is 41.5 Å². The number of methoxy groups -OCH3 is 1. The summed E-state index contributed by atoms with van der Waals surface area (Å²) < 4.78 is 10.6. The van der Waals surface area contributed by atoms with E-state index in [-0.39, 0.29) is 11.5 Å². The second-order valence-electron chi connectivity index (χ2n) is 6.28. The zero-order valence-corrected chi connectivity index (χ0v) is 12.8. The first-order valence-corrected chi connectivity index (χ1v) is 6.08. The standard InChI is InChI=1S/C13H26N2O3/c1-10(16)18-13(7,9-12(5,6)17-8)15-14-11(2,3)4/h9H2,1-8H3. The number of nitrogens with zero attached hydrogens (tertiary/aromatic N) is 2. The number of hydrogen-bond acceptors (Lipinski definition) is 5. The van der Waals surface area contributed by atoms with Gasteiger partial charge in [0.05, 0.1) is 11.1 Å². The van der Waals surface area contributed by atoms with Gasteiger partial charge >= 0.3 is 5.97 Å².